The number of rotatable bonds is 4. The summed E-state index contributed by atoms with van der Waals surface area (Å²) in [4.78, 5) is 13.5. The molecule has 0 saturated heterocycles. The Balaban J connectivity index is 2.67. The van der Waals surface area contributed by atoms with Crippen molar-refractivity contribution in [2.75, 3.05) is 37.0 Å². The number of hydrogen-bond acceptors (Lipinski definition) is 4. The van der Waals surface area contributed by atoms with E-state index < -0.39 is 0 Å². The molecule has 18 heavy (non-hydrogen) atoms. The van der Waals surface area contributed by atoms with E-state index in [-0.39, 0.29) is 0 Å². The van der Waals surface area contributed by atoms with Gasteiger partial charge >= 0.3 is 0 Å². The Morgan fingerprint density at radius 2 is 1.67 bits per heavy atom. The van der Waals surface area contributed by atoms with Gasteiger partial charge < -0.3 is 9.80 Å². The van der Waals surface area contributed by atoms with Gasteiger partial charge in [-0.2, -0.15) is 4.98 Å². The first-order valence-corrected chi connectivity index (χ1v) is 6.36. The van der Waals surface area contributed by atoms with Crippen LogP contribution in [0.4, 0.5) is 11.8 Å². The van der Waals surface area contributed by atoms with Crippen LogP contribution in [-0.4, -0.2) is 37.2 Å². The smallest absolute Gasteiger partial charge is 0.227 e. The van der Waals surface area contributed by atoms with Gasteiger partial charge in [-0.3, -0.25) is 0 Å². The third-order valence-electron chi connectivity index (χ3n) is 3.03. The van der Waals surface area contributed by atoms with E-state index in [0.29, 0.717) is 0 Å². The SMILES string of the molecule is CCN(CC)c1nc(N(C)C)nc2ccccc12. The summed E-state index contributed by atoms with van der Waals surface area (Å²) < 4.78 is 0. The number of anilines is 2. The second kappa shape index (κ2) is 5.21. The van der Waals surface area contributed by atoms with Gasteiger partial charge in [-0.1, -0.05) is 12.1 Å². The van der Waals surface area contributed by atoms with Crippen LogP contribution >= 0.6 is 0 Å². The Hall–Kier alpha value is -1.84. The molecule has 1 aromatic heterocycles. The highest BCUT2D eigenvalue weighted by Gasteiger charge is 2.12. The van der Waals surface area contributed by atoms with E-state index in [1.807, 2.05) is 37.2 Å². The maximum absolute atomic E-state index is 4.68. The van der Waals surface area contributed by atoms with Crippen molar-refractivity contribution in [3.63, 3.8) is 0 Å². The van der Waals surface area contributed by atoms with Gasteiger partial charge in [-0.25, -0.2) is 4.98 Å². The Morgan fingerprint density at radius 3 is 2.28 bits per heavy atom. The molecule has 0 spiro atoms. The third-order valence-corrected chi connectivity index (χ3v) is 3.03. The van der Waals surface area contributed by atoms with E-state index in [4.69, 9.17) is 0 Å². The molecule has 0 atom stereocenters. The maximum Gasteiger partial charge on any atom is 0.227 e. The van der Waals surface area contributed by atoms with E-state index in [1.54, 1.807) is 0 Å². The Labute approximate surface area is 108 Å². The van der Waals surface area contributed by atoms with E-state index in [9.17, 15) is 0 Å². The predicted octanol–water partition coefficient (Wildman–Crippen LogP) is 2.54. The summed E-state index contributed by atoms with van der Waals surface area (Å²) in [5, 5.41) is 1.12. The quantitative estimate of drug-likeness (QED) is 0.827. The second-order valence-corrected chi connectivity index (χ2v) is 4.43. The molecule has 0 bridgehead atoms. The predicted molar refractivity (Wildman–Crippen MR) is 77.4 cm³/mol. The molecule has 0 aliphatic rings. The van der Waals surface area contributed by atoms with Crippen LogP contribution in [0.25, 0.3) is 10.9 Å². The van der Waals surface area contributed by atoms with Gasteiger partial charge in [0.1, 0.15) is 5.82 Å². The molecule has 1 aromatic carbocycles. The molecule has 4 nitrogen and oxygen atoms in total. The van der Waals surface area contributed by atoms with Crippen molar-refractivity contribution in [2.45, 2.75) is 13.8 Å². The molecule has 0 fully saturated rings. The Bertz CT molecular complexity index is 532. The molecule has 0 aliphatic heterocycles. The monoisotopic (exact) mass is 244 g/mol. The minimum absolute atomic E-state index is 0.760. The van der Waals surface area contributed by atoms with Gasteiger partial charge in [0.15, 0.2) is 0 Å². The summed E-state index contributed by atoms with van der Waals surface area (Å²) >= 11 is 0. The lowest BCUT2D eigenvalue weighted by Gasteiger charge is -2.23. The fraction of sp³-hybridized carbons (Fsp3) is 0.429. The van der Waals surface area contributed by atoms with Crippen molar-refractivity contribution in [3.05, 3.63) is 24.3 Å². The molecule has 0 saturated carbocycles. The first kappa shape index (κ1) is 12.6. The zero-order valence-electron chi connectivity index (χ0n) is 11.5. The minimum Gasteiger partial charge on any atom is -0.356 e. The van der Waals surface area contributed by atoms with Crippen LogP contribution in [0.3, 0.4) is 0 Å². The molecule has 0 N–H and O–H groups in total. The highest BCUT2D eigenvalue weighted by Crippen LogP contribution is 2.25. The van der Waals surface area contributed by atoms with E-state index in [1.165, 1.54) is 0 Å². The summed E-state index contributed by atoms with van der Waals surface area (Å²) in [7, 11) is 3.94. The van der Waals surface area contributed by atoms with Crippen molar-refractivity contribution < 1.29 is 0 Å². The topological polar surface area (TPSA) is 32.3 Å². The summed E-state index contributed by atoms with van der Waals surface area (Å²) in [5.74, 6) is 1.78. The van der Waals surface area contributed by atoms with Gasteiger partial charge in [0.25, 0.3) is 0 Å². The lowest BCUT2D eigenvalue weighted by Crippen LogP contribution is -2.24. The van der Waals surface area contributed by atoms with Crippen LogP contribution in [0.2, 0.25) is 0 Å². The molecule has 0 unspecified atom stereocenters. The molecule has 1 heterocycles. The van der Waals surface area contributed by atoms with Crippen LogP contribution in [-0.2, 0) is 0 Å². The van der Waals surface area contributed by atoms with Crippen molar-refractivity contribution in [1.29, 1.82) is 0 Å². The van der Waals surface area contributed by atoms with Crippen LogP contribution in [0, 0.1) is 0 Å². The highest BCUT2D eigenvalue weighted by molar-refractivity contribution is 5.90. The number of fused-ring (bicyclic) bond motifs is 1. The number of nitrogens with zero attached hydrogens (tertiary/aromatic N) is 4. The molecule has 4 heteroatoms. The van der Waals surface area contributed by atoms with Crippen LogP contribution in [0.5, 0.6) is 0 Å². The van der Waals surface area contributed by atoms with Crippen molar-refractivity contribution in [2.24, 2.45) is 0 Å². The van der Waals surface area contributed by atoms with Crippen molar-refractivity contribution in [1.82, 2.24) is 9.97 Å². The Kier molecular flexibility index (Phi) is 3.65. The number of benzene rings is 1. The highest BCUT2D eigenvalue weighted by atomic mass is 15.3. The molecule has 2 aromatic rings. The van der Waals surface area contributed by atoms with Gasteiger partial charge in [0.2, 0.25) is 5.95 Å². The molecular formula is C14H20N4. The lowest BCUT2D eigenvalue weighted by atomic mass is 10.2. The summed E-state index contributed by atoms with van der Waals surface area (Å²) in [6, 6.07) is 8.17. The van der Waals surface area contributed by atoms with Crippen molar-refractivity contribution in [3.8, 4) is 0 Å². The maximum atomic E-state index is 4.68. The molecule has 2 rings (SSSR count). The fourth-order valence-electron chi connectivity index (χ4n) is 2.01. The number of para-hydroxylation sites is 1. The molecule has 0 amide bonds. The van der Waals surface area contributed by atoms with Crippen LogP contribution < -0.4 is 9.80 Å². The van der Waals surface area contributed by atoms with Crippen molar-refractivity contribution >= 4 is 22.7 Å². The lowest BCUT2D eigenvalue weighted by molar-refractivity contribution is 0.844. The fourth-order valence-corrected chi connectivity index (χ4v) is 2.01. The first-order valence-electron chi connectivity index (χ1n) is 6.36. The average molecular weight is 244 g/mol. The van der Waals surface area contributed by atoms with Gasteiger partial charge in [0.05, 0.1) is 5.52 Å². The zero-order valence-corrected chi connectivity index (χ0v) is 11.5. The summed E-state index contributed by atoms with van der Waals surface area (Å²) in [6.07, 6.45) is 0. The van der Waals surface area contributed by atoms with Crippen LogP contribution in [0.1, 0.15) is 13.8 Å². The number of hydrogen-bond donors (Lipinski definition) is 0. The minimum atomic E-state index is 0.760. The van der Waals surface area contributed by atoms with Gasteiger partial charge in [0, 0.05) is 32.6 Å². The van der Waals surface area contributed by atoms with Gasteiger partial charge in [-0.05, 0) is 26.0 Å². The van der Waals surface area contributed by atoms with E-state index in [0.717, 1.165) is 35.8 Å². The standard InChI is InChI=1S/C14H20N4/c1-5-18(6-2)13-11-9-7-8-10-12(11)15-14(16-13)17(3)4/h7-10H,5-6H2,1-4H3. The third kappa shape index (κ3) is 2.23. The van der Waals surface area contributed by atoms with Crippen LogP contribution in [0.15, 0.2) is 24.3 Å². The molecule has 96 valence electrons. The molecule has 0 aliphatic carbocycles. The van der Waals surface area contributed by atoms with Gasteiger partial charge in [-0.15, -0.1) is 0 Å². The van der Waals surface area contributed by atoms with E-state index >= 15 is 0 Å². The Morgan fingerprint density at radius 1 is 1.00 bits per heavy atom. The summed E-state index contributed by atoms with van der Waals surface area (Å²) in [5.41, 5.74) is 0.998. The average Bonchev–Trinajstić information content (AvgIpc) is 2.39. The second-order valence-electron chi connectivity index (χ2n) is 4.43. The first-order chi connectivity index (χ1) is 8.67. The summed E-state index contributed by atoms with van der Waals surface area (Å²) in [6.45, 7) is 6.19. The zero-order chi connectivity index (χ0) is 13.1. The largest absolute Gasteiger partial charge is 0.356 e. The molecule has 0 radical (unpaired) electrons. The molecular weight excluding hydrogens is 224 g/mol. The number of aromatic nitrogens is 2. The normalized spacial score (nSPS) is 10.7. The van der Waals surface area contributed by atoms with E-state index in [2.05, 4.69) is 34.8 Å².